The van der Waals surface area contributed by atoms with Crippen molar-refractivity contribution in [1.82, 2.24) is 16.0 Å². The highest BCUT2D eigenvalue weighted by atomic mass is 35.5. The van der Waals surface area contributed by atoms with E-state index in [9.17, 15) is 24.6 Å². The Hall–Kier alpha value is -2.75. The third-order valence-corrected chi connectivity index (χ3v) is 6.52. The van der Waals surface area contributed by atoms with Crippen molar-refractivity contribution < 1.29 is 24.6 Å². The van der Waals surface area contributed by atoms with Gasteiger partial charge in [0, 0.05) is 23.6 Å². The molecule has 0 bridgehead atoms. The average molecular weight is 536 g/mol. The summed E-state index contributed by atoms with van der Waals surface area (Å²) in [7, 11) is 0. The van der Waals surface area contributed by atoms with Crippen molar-refractivity contribution in [2.24, 2.45) is 5.92 Å². The number of phenolic OH excluding ortho intramolecular Hbond substituents is 1. The summed E-state index contributed by atoms with van der Waals surface area (Å²) < 4.78 is 0. The van der Waals surface area contributed by atoms with E-state index in [4.69, 9.17) is 11.6 Å². The fourth-order valence-corrected chi connectivity index (χ4v) is 4.30. The molecule has 0 radical (unpaired) electrons. The summed E-state index contributed by atoms with van der Waals surface area (Å²) >= 11 is 7.52. The number of phenols is 1. The molecule has 2 rings (SSSR count). The molecule has 0 spiro atoms. The van der Waals surface area contributed by atoms with Gasteiger partial charge in [0.25, 0.3) is 0 Å². The predicted molar refractivity (Wildman–Crippen MR) is 143 cm³/mol. The summed E-state index contributed by atoms with van der Waals surface area (Å²) in [5.74, 6) is -1.59. The Labute approximate surface area is 221 Å². The van der Waals surface area contributed by atoms with Crippen molar-refractivity contribution >= 4 is 41.1 Å². The number of carboxylic acids is 1. The van der Waals surface area contributed by atoms with Crippen molar-refractivity contribution in [2.75, 3.05) is 12.0 Å². The van der Waals surface area contributed by atoms with Crippen molar-refractivity contribution in [1.29, 1.82) is 0 Å². The van der Waals surface area contributed by atoms with Gasteiger partial charge in [0.05, 0.1) is 6.04 Å². The second kappa shape index (κ2) is 14.7. The van der Waals surface area contributed by atoms with Crippen molar-refractivity contribution in [3.8, 4) is 5.75 Å². The number of amides is 2. The first-order valence-corrected chi connectivity index (χ1v) is 13.5. The lowest BCUT2D eigenvalue weighted by molar-refractivity contribution is -0.142. The Kier molecular flexibility index (Phi) is 12.1. The van der Waals surface area contributed by atoms with Crippen LogP contribution in [0.4, 0.5) is 0 Å². The van der Waals surface area contributed by atoms with Gasteiger partial charge in [-0.3, -0.25) is 9.59 Å². The normalized spacial score (nSPS) is 13.6. The molecule has 0 fully saturated rings. The summed E-state index contributed by atoms with van der Waals surface area (Å²) in [5, 5.41) is 28.6. The van der Waals surface area contributed by atoms with E-state index in [1.54, 1.807) is 12.1 Å². The van der Waals surface area contributed by atoms with Gasteiger partial charge in [0.15, 0.2) is 0 Å². The van der Waals surface area contributed by atoms with Crippen LogP contribution in [0.5, 0.6) is 5.75 Å². The first-order chi connectivity index (χ1) is 17.1. The van der Waals surface area contributed by atoms with Gasteiger partial charge in [0.1, 0.15) is 17.8 Å². The molecule has 196 valence electrons. The standard InChI is InChI=1S/C26H34ClN3O5S/c1-16(2)23(28-15-18-14-19(27)9-10-22(18)31)25(33)30-21(13-17-7-5-4-6-8-17)24(32)29-20(26(34)35)11-12-36-3/h4-10,14,16,20-21,23,28,31H,11-13,15H2,1-3H3,(H,29,32)(H,30,33)(H,34,35)/t20-,21-,23-/m0/s1. The number of aromatic hydroxyl groups is 1. The SMILES string of the molecule is CSCC[C@H](NC(=O)[C@H](Cc1ccccc1)NC(=O)[C@@H](NCc1cc(Cl)ccc1O)C(C)C)C(=O)O. The highest BCUT2D eigenvalue weighted by molar-refractivity contribution is 7.98. The van der Waals surface area contributed by atoms with E-state index in [1.165, 1.54) is 17.8 Å². The zero-order chi connectivity index (χ0) is 26.7. The van der Waals surface area contributed by atoms with E-state index >= 15 is 0 Å². The molecule has 0 aliphatic carbocycles. The third kappa shape index (κ3) is 9.37. The van der Waals surface area contributed by atoms with Crippen LogP contribution in [0.15, 0.2) is 48.5 Å². The fourth-order valence-electron chi connectivity index (χ4n) is 3.63. The largest absolute Gasteiger partial charge is 0.508 e. The molecule has 3 atom stereocenters. The van der Waals surface area contributed by atoms with Crippen LogP contribution in [0.1, 0.15) is 31.4 Å². The molecule has 2 aromatic rings. The average Bonchev–Trinajstić information content (AvgIpc) is 2.83. The van der Waals surface area contributed by atoms with Gasteiger partial charge in [0.2, 0.25) is 11.8 Å². The zero-order valence-corrected chi connectivity index (χ0v) is 22.2. The molecule has 2 amide bonds. The second-order valence-corrected chi connectivity index (χ2v) is 10.2. The van der Waals surface area contributed by atoms with E-state index in [0.717, 1.165) is 5.56 Å². The molecule has 0 heterocycles. The second-order valence-electron chi connectivity index (χ2n) is 8.81. The van der Waals surface area contributed by atoms with Gasteiger partial charge in [-0.25, -0.2) is 4.79 Å². The Balaban J connectivity index is 2.19. The van der Waals surface area contributed by atoms with Crippen LogP contribution in [0.25, 0.3) is 0 Å². The maximum Gasteiger partial charge on any atom is 0.326 e. The zero-order valence-electron chi connectivity index (χ0n) is 20.7. The van der Waals surface area contributed by atoms with Gasteiger partial charge in [-0.15, -0.1) is 0 Å². The van der Waals surface area contributed by atoms with Crippen molar-refractivity contribution in [3.05, 3.63) is 64.7 Å². The van der Waals surface area contributed by atoms with E-state index in [-0.39, 0.29) is 31.1 Å². The number of hydrogen-bond donors (Lipinski definition) is 5. The Morgan fingerprint density at radius 2 is 1.67 bits per heavy atom. The molecule has 10 heteroatoms. The maximum atomic E-state index is 13.3. The number of carbonyl (C=O) groups excluding carboxylic acids is 2. The number of halogens is 1. The molecule has 36 heavy (non-hydrogen) atoms. The first-order valence-electron chi connectivity index (χ1n) is 11.7. The number of carbonyl (C=O) groups is 3. The number of aliphatic carboxylic acids is 1. The summed E-state index contributed by atoms with van der Waals surface area (Å²) in [6.45, 7) is 3.92. The summed E-state index contributed by atoms with van der Waals surface area (Å²) in [6.07, 6.45) is 2.34. The smallest absolute Gasteiger partial charge is 0.326 e. The van der Waals surface area contributed by atoms with Crippen LogP contribution in [-0.4, -0.2) is 58.1 Å². The molecule has 0 aliphatic rings. The Morgan fingerprint density at radius 1 is 1.00 bits per heavy atom. The molecular formula is C26H34ClN3O5S. The van der Waals surface area contributed by atoms with Gasteiger partial charge in [-0.1, -0.05) is 55.8 Å². The predicted octanol–water partition coefficient (Wildman–Crippen LogP) is 3.21. The monoisotopic (exact) mass is 535 g/mol. The number of benzene rings is 2. The van der Waals surface area contributed by atoms with Crippen molar-refractivity contribution in [2.45, 2.75) is 51.4 Å². The Bertz CT molecular complexity index is 1020. The third-order valence-electron chi connectivity index (χ3n) is 5.64. The van der Waals surface area contributed by atoms with Gasteiger partial charge in [-0.2, -0.15) is 11.8 Å². The molecule has 0 unspecified atom stereocenters. The quantitative estimate of drug-likeness (QED) is 0.251. The first kappa shape index (κ1) is 29.5. The summed E-state index contributed by atoms with van der Waals surface area (Å²) in [6, 6.07) is 11.2. The van der Waals surface area contributed by atoms with Crippen LogP contribution < -0.4 is 16.0 Å². The van der Waals surface area contributed by atoms with Crippen LogP contribution in [0, 0.1) is 5.92 Å². The molecule has 2 aromatic carbocycles. The highest BCUT2D eigenvalue weighted by Crippen LogP contribution is 2.21. The minimum atomic E-state index is -1.12. The lowest BCUT2D eigenvalue weighted by Gasteiger charge is -2.26. The van der Waals surface area contributed by atoms with Gasteiger partial charge >= 0.3 is 5.97 Å². The Morgan fingerprint density at radius 3 is 2.28 bits per heavy atom. The summed E-state index contributed by atoms with van der Waals surface area (Å²) in [5.41, 5.74) is 1.37. The lowest BCUT2D eigenvalue weighted by Crippen LogP contribution is -2.56. The van der Waals surface area contributed by atoms with E-state index in [1.807, 2.05) is 50.4 Å². The number of hydrogen-bond acceptors (Lipinski definition) is 6. The van der Waals surface area contributed by atoms with Gasteiger partial charge < -0.3 is 26.2 Å². The summed E-state index contributed by atoms with van der Waals surface area (Å²) in [4.78, 5) is 38.1. The minimum absolute atomic E-state index is 0.0566. The number of rotatable bonds is 14. The molecule has 0 saturated heterocycles. The highest BCUT2D eigenvalue weighted by Gasteiger charge is 2.30. The van der Waals surface area contributed by atoms with Crippen molar-refractivity contribution in [3.63, 3.8) is 0 Å². The topological polar surface area (TPSA) is 128 Å². The fraction of sp³-hybridized carbons (Fsp3) is 0.423. The number of nitrogens with one attached hydrogen (secondary N) is 3. The molecule has 8 nitrogen and oxygen atoms in total. The van der Waals surface area contributed by atoms with Crippen LogP contribution in [0.2, 0.25) is 5.02 Å². The molecule has 0 saturated carbocycles. The molecular weight excluding hydrogens is 502 g/mol. The van der Waals surface area contributed by atoms with E-state index in [2.05, 4.69) is 16.0 Å². The molecule has 5 N–H and O–H groups in total. The molecule has 0 aromatic heterocycles. The van der Waals surface area contributed by atoms with E-state index < -0.39 is 35.9 Å². The number of thioether (sulfide) groups is 1. The van der Waals surface area contributed by atoms with Gasteiger partial charge in [-0.05, 0) is 48.1 Å². The maximum absolute atomic E-state index is 13.3. The van der Waals surface area contributed by atoms with E-state index in [0.29, 0.717) is 16.3 Å². The minimum Gasteiger partial charge on any atom is -0.508 e. The number of carboxylic acid groups (broad SMARTS) is 1. The lowest BCUT2D eigenvalue weighted by atomic mass is 10.0. The van der Waals surface area contributed by atoms with Crippen LogP contribution in [0.3, 0.4) is 0 Å². The van der Waals surface area contributed by atoms with Crippen LogP contribution in [-0.2, 0) is 27.3 Å². The van der Waals surface area contributed by atoms with Crippen LogP contribution >= 0.6 is 23.4 Å². The molecule has 0 aliphatic heterocycles.